The van der Waals surface area contributed by atoms with Gasteiger partial charge >= 0.3 is 12.1 Å². The maximum Gasteiger partial charge on any atom is 0.411 e. The number of benzene rings is 3. The minimum atomic E-state index is -0.716. The minimum absolute atomic E-state index is 0.0198. The third-order valence-corrected chi connectivity index (χ3v) is 6.96. The number of aromatic amines is 1. The number of H-pyrrole nitrogens is 1. The van der Waals surface area contributed by atoms with E-state index in [0.717, 1.165) is 16.5 Å². The van der Waals surface area contributed by atoms with Gasteiger partial charge in [0.1, 0.15) is 0 Å². The van der Waals surface area contributed by atoms with Crippen LogP contribution in [0.4, 0.5) is 16.2 Å². The molecule has 0 radical (unpaired) electrons. The van der Waals surface area contributed by atoms with Gasteiger partial charge in [0, 0.05) is 28.9 Å². The molecule has 0 spiro atoms. The molecule has 4 N–H and O–H groups in total. The highest BCUT2D eigenvalue weighted by molar-refractivity contribution is 5.87. The number of anilines is 2. The number of aryl methyl sites for hydroxylation is 1. The molecule has 3 aromatic carbocycles. The molecule has 4 rings (SSSR count). The van der Waals surface area contributed by atoms with Crippen molar-refractivity contribution in [3.05, 3.63) is 106 Å². The van der Waals surface area contributed by atoms with Gasteiger partial charge in [-0.15, -0.1) is 0 Å². The van der Waals surface area contributed by atoms with Gasteiger partial charge in [0.05, 0.1) is 32.2 Å². The van der Waals surface area contributed by atoms with Crippen molar-refractivity contribution in [3.63, 3.8) is 0 Å². The summed E-state index contributed by atoms with van der Waals surface area (Å²) in [5.74, 6) is -0.830. The third-order valence-electron chi connectivity index (χ3n) is 6.96. The van der Waals surface area contributed by atoms with Crippen molar-refractivity contribution in [2.75, 3.05) is 30.4 Å². The molecule has 1 heterocycles. The molecule has 2 atom stereocenters. The van der Waals surface area contributed by atoms with Crippen molar-refractivity contribution >= 4 is 40.1 Å². The number of carbonyl (C=O) groups is 3. The Balaban J connectivity index is 1.39. The molecule has 1 aromatic heterocycles. The number of amides is 2. The zero-order valence-corrected chi connectivity index (χ0v) is 24.4. The van der Waals surface area contributed by atoms with Crippen molar-refractivity contribution in [3.8, 4) is 0 Å². The largest absolute Gasteiger partial charge is 0.466 e. The Morgan fingerprint density at radius 1 is 0.930 bits per heavy atom. The molecular weight excluding hydrogens is 548 g/mol. The van der Waals surface area contributed by atoms with Gasteiger partial charge in [-0.3, -0.25) is 19.7 Å². The summed E-state index contributed by atoms with van der Waals surface area (Å²) >= 11 is 0. The standard InChI is InChI=1S/C33H36N4O6/c1-4-42-31(39)18-29(37-30(38)19-35-25-13-12-23-14-15-34-32(40)28(23)17-25)24-9-7-10-26(16-24)36-33(41)43-20-22(3)27-11-6-5-8-21(27)2/h5-17,22,29,35H,4,18-20H2,1-3H3,(H,34,40)(H,36,41)(H,37,38). The number of hydrogen-bond donors (Lipinski definition) is 4. The van der Waals surface area contributed by atoms with E-state index in [4.69, 9.17) is 9.47 Å². The fourth-order valence-corrected chi connectivity index (χ4v) is 4.78. The van der Waals surface area contributed by atoms with Gasteiger partial charge in [-0.2, -0.15) is 0 Å². The van der Waals surface area contributed by atoms with E-state index in [9.17, 15) is 19.2 Å². The average molecular weight is 585 g/mol. The molecule has 4 aromatic rings. The molecular formula is C33H36N4O6. The van der Waals surface area contributed by atoms with Crippen molar-refractivity contribution in [1.29, 1.82) is 0 Å². The van der Waals surface area contributed by atoms with Gasteiger partial charge in [-0.1, -0.05) is 49.4 Å². The Bertz CT molecular complexity index is 1650. The van der Waals surface area contributed by atoms with Gasteiger partial charge in [0.25, 0.3) is 5.56 Å². The molecule has 224 valence electrons. The predicted octanol–water partition coefficient (Wildman–Crippen LogP) is 5.41. The minimum Gasteiger partial charge on any atom is -0.466 e. The summed E-state index contributed by atoms with van der Waals surface area (Å²) in [4.78, 5) is 52.6. The highest BCUT2D eigenvalue weighted by atomic mass is 16.5. The lowest BCUT2D eigenvalue weighted by atomic mass is 9.97. The summed E-state index contributed by atoms with van der Waals surface area (Å²) in [6, 6.07) is 21.1. The Labute approximate surface area is 249 Å². The van der Waals surface area contributed by atoms with Gasteiger partial charge in [0.15, 0.2) is 0 Å². The number of esters is 1. The number of rotatable bonds is 12. The van der Waals surface area contributed by atoms with Gasteiger partial charge in [-0.05, 0) is 66.3 Å². The molecule has 0 saturated carbocycles. The first-order valence-corrected chi connectivity index (χ1v) is 14.1. The molecule has 2 unspecified atom stereocenters. The van der Waals surface area contributed by atoms with Gasteiger partial charge in [-0.25, -0.2) is 4.79 Å². The molecule has 0 aliphatic rings. The quantitative estimate of drug-likeness (QED) is 0.163. The van der Waals surface area contributed by atoms with Crippen LogP contribution >= 0.6 is 0 Å². The van der Waals surface area contributed by atoms with E-state index in [0.29, 0.717) is 22.3 Å². The van der Waals surface area contributed by atoms with Crippen LogP contribution in [0.15, 0.2) is 83.8 Å². The Morgan fingerprint density at radius 2 is 1.74 bits per heavy atom. The van der Waals surface area contributed by atoms with E-state index >= 15 is 0 Å². The molecule has 0 aliphatic carbocycles. The fraction of sp³-hybridized carbons (Fsp3) is 0.273. The number of pyridine rings is 1. The lowest BCUT2D eigenvalue weighted by Gasteiger charge is -2.20. The molecule has 10 nitrogen and oxygen atoms in total. The normalized spacial score (nSPS) is 12.2. The first-order valence-electron chi connectivity index (χ1n) is 14.1. The SMILES string of the molecule is CCOC(=O)CC(NC(=O)CNc1ccc2cc[nH]c(=O)c2c1)c1cccc(NC(=O)OCC(C)c2ccccc2C)c1. The Kier molecular flexibility index (Phi) is 10.5. The van der Waals surface area contributed by atoms with Crippen molar-refractivity contribution in [2.24, 2.45) is 0 Å². The average Bonchev–Trinajstić information content (AvgIpc) is 2.99. The van der Waals surface area contributed by atoms with Crippen LogP contribution < -0.4 is 21.5 Å². The molecule has 0 saturated heterocycles. The van der Waals surface area contributed by atoms with E-state index in [1.165, 1.54) is 0 Å². The highest BCUT2D eigenvalue weighted by Crippen LogP contribution is 2.23. The van der Waals surface area contributed by atoms with Crippen LogP contribution in [-0.4, -0.2) is 42.7 Å². The molecule has 0 aliphatic heterocycles. The fourth-order valence-electron chi connectivity index (χ4n) is 4.78. The summed E-state index contributed by atoms with van der Waals surface area (Å²) in [5.41, 5.74) is 3.67. The molecule has 0 fully saturated rings. The molecule has 10 heteroatoms. The summed E-state index contributed by atoms with van der Waals surface area (Å²) in [7, 11) is 0. The number of nitrogens with one attached hydrogen (secondary N) is 4. The molecule has 0 bridgehead atoms. The second kappa shape index (κ2) is 14.7. The number of carbonyl (C=O) groups excluding carboxylic acids is 3. The van der Waals surface area contributed by atoms with Crippen LogP contribution in [0.2, 0.25) is 0 Å². The first-order chi connectivity index (χ1) is 20.7. The monoisotopic (exact) mass is 584 g/mol. The van der Waals surface area contributed by atoms with Gasteiger partial charge < -0.3 is 25.1 Å². The van der Waals surface area contributed by atoms with Crippen LogP contribution in [0.5, 0.6) is 0 Å². The third kappa shape index (κ3) is 8.68. The maximum absolute atomic E-state index is 12.9. The Hall–Kier alpha value is -5.12. The number of ether oxygens (including phenoxy) is 2. The lowest BCUT2D eigenvalue weighted by molar-refractivity contribution is -0.143. The molecule has 2 amide bonds. The van der Waals surface area contributed by atoms with Crippen molar-refractivity contribution < 1.29 is 23.9 Å². The van der Waals surface area contributed by atoms with Crippen molar-refractivity contribution in [1.82, 2.24) is 10.3 Å². The van der Waals surface area contributed by atoms with Crippen molar-refractivity contribution in [2.45, 2.75) is 39.2 Å². The molecule has 43 heavy (non-hydrogen) atoms. The van der Waals surface area contributed by atoms with E-state index in [2.05, 4.69) is 20.9 Å². The zero-order valence-electron chi connectivity index (χ0n) is 24.4. The van der Waals surface area contributed by atoms with Crippen LogP contribution in [0, 0.1) is 6.92 Å². The van der Waals surface area contributed by atoms with Crippen LogP contribution in [-0.2, 0) is 19.1 Å². The number of aromatic nitrogens is 1. The van der Waals surface area contributed by atoms with E-state index < -0.39 is 18.1 Å². The van der Waals surface area contributed by atoms with Crippen LogP contribution in [0.3, 0.4) is 0 Å². The topological polar surface area (TPSA) is 139 Å². The van der Waals surface area contributed by atoms with E-state index in [1.54, 1.807) is 61.7 Å². The summed E-state index contributed by atoms with van der Waals surface area (Å²) < 4.78 is 10.6. The lowest BCUT2D eigenvalue weighted by Crippen LogP contribution is -2.34. The summed E-state index contributed by atoms with van der Waals surface area (Å²) in [6.45, 7) is 6.03. The van der Waals surface area contributed by atoms with Crippen LogP contribution in [0.25, 0.3) is 10.8 Å². The summed E-state index contributed by atoms with van der Waals surface area (Å²) in [6.07, 6.45) is 0.865. The second-order valence-electron chi connectivity index (χ2n) is 10.2. The summed E-state index contributed by atoms with van der Waals surface area (Å²) in [5, 5.41) is 9.90. The highest BCUT2D eigenvalue weighted by Gasteiger charge is 2.20. The number of fused-ring (bicyclic) bond motifs is 1. The number of hydrogen-bond acceptors (Lipinski definition) is 7. The van der Waals surface area contributed by atoms with Gasteiger partial charge in [0.2, 0.25) is 5.91 Å². The second-order valence-corrected chi connectivity index (χ2v) is 10.2. The van der Waals surface area contributed by atoms with Crippen LogP contribution in [0.1, 0.15) is 48.9 Å². The zero-order chi connectivity index (χ0) is 30.8. The maximum atomic E-state index is 12.9. The smallest absolute Gasteiger partial charge is 0.411 e. The van der Waals surface area contributed by atoms with E-state index in [-0.39, 0.29) is 43.6 Å². The predicted molar refractivity (Wildman–Crippen MR) is 166 cm³/mol. The van der Waals surface area contributed by atoms with E-state index in [1.807, 2.05) is 38.1 Å². The first kappa shape index (κ1) is 30.8. The Morgan fingerprint density at radius 3 is 2.53 bits per heavy atom.